The van der Waals surface area contributed by atoms with Gasteiger partial charge in [-0.2, -0.15) is 0 Å². The standard InChI is InChI=1S/C17H27NO2/c1-13(2)14-5-7-16(8-6-14)20-11-9-15-4-3-10-17(15,19)12-18/h5-8,13,15,19H,3-4,9-12,18H2,1-2H3. The summed E-state index contributed by atoms with van der Waals surface area (Å²) in [6, 6.07) is 8.29. The van der Waals surface area contributed by atoms with Gasteiger partial charge in [0.1, 0.15) is 5.75 Å². The van der Waals surface area contributed by atoms with Crippen molar-refractivity contribution in [2.75, 3.05) is 13.2 Å². The van der Waals surface area contributed by atoms with Crippen molar-refractivity contribution in [2.45, 2.75) is 51.0 Å². The number of hydrogen-bond donors (Lipinski definition) is 2. The summed E-state index contributed by atoms with van der Waals surface area (Å²) < 4.78 is 5.79. The summed E-state index contributed by atoms with van der Waals surface area (Å²) in [6.07, 6.45) is 3.84. The molecule has 20 heavy (non-hydrogen) atoms. The van der Waals surface area contributed by atoms with Crippen molar-refractivity contribution >= 4 is 0 Å². The lowest BCUT2D eigenvalue weighted by Gasteiger charge is -2.28. The van der Waals surface area contributed by atoms with Crippen LogP contribution in [0, 0.1) is 5.92 Å². The fraction of sp³-hybridized carbons (Fsp3) is 0.647. The molecule has 1 fully saturated rings. The number of hydrogen-bond acceptors (Lipinski definition) is 3. The molecular weight excluding hydrogens is 250 g/mol. The van der Waals surface area contributed by atoms with Crippen molar-refractivity contribution in [2.24, 2.45) is 11.7 Å². The van der Waals surface area contributed by atoms with Crippen LogP contribution < -0.4 is 10.5 Å². The van der Waals surface area contributed by atoms with Crippen LogP contribution in [0.5, 0.6) is 5.75 Å². The van der Waals surface area contributed by atoms with E-state index in [9.17, 15) is 5.11 Å². The first kappa shape index (κ1) is 15.3. The van der Waals surface area contributed by atoms with Crippen LogP contribution in [0.4, 0.5) is 0 Å². The van der Waals surface area contributed by atoms with Crippen molar-refractivity contribution in [3.05, 3.63) is 29.8 Å². The zero-order valence-electron chi connectivity index (χ0n) is 12.6. The Hall–Kier alpha value is -1.06. The summed E-state index contributed by atoms with van der Waals surface area (Å²) in [6.45, 7) is 5.38. The van der Waals surface area contributed by atoms with Crippen LogP contribution in [0.25, 0.3) is 0 Å². The predicted octanol–water partition coefficient (Wildman–Crippen LogP) is 3.07. The smallest absolute Gasteiger partial charge is 0.119 e. The second kappa shape index (κ2) is 6.59. The molecule has 0 saturated heterocycles. The number of benzene rings is 1. The lowest BCUT2D eigenvalue weighted by atomic mass is 9.88. The van der Waals surface area contributed by atoms with Crippen molar-refractivity contribution in [1.29, 1.82) is 0 Å². The molecular formula is C17H27NO2. The Balaban J connectivity index is 1.81. The third kappa shape index (κ3) is 3.53. The van der Waals surface area contributed by atoms with Gasteiger partial charge in [0.05, 0.1) is 12.2 Å². The van der Waals surface area contributed by atoms with Crippen LogP contribution >= 0.6 is 0 Å². The van der Waals surface area contributed by atoms with Crippen LogP contribution in [0.15, 0.2) is 24.3 Å². The Kier molecular flexibility index (Phi) is 5.06. The zero-order chi connectivity index (χ0) is 14.6. The van der Waals surface area contributed by atoms with E-state index < -0.39 is 5.60 Å². The van der Waals surface area contributed by atoms with Gasteiger partial charge in [-0.05, 0) is 48.8 Å². The molecule has 0 heterocycles. The quantitative estimate of drug-likeness (QED) is 0.840. The van der Waals surface area contributed by atoms with Gasteiger partial charge in [0.2, 0.25) is 0 Å². The van der Waals surface area contributed by atoms with Crippen molar-refractivity contribution in [3.8, 4) is 5.75 Å². The van der Waals surface area contributed by atoms with Gasteiger partial charge in [-0.15, -0.1) is 0 Å². The highest BCUT2D eigenvalue weighted by Gasteiger charge is 2.39. The minimum atomic E-state index is -0.662. The number of ether oxygens (including phenoxy) is 1. The highest BCUT2D eigenvalue weighted by molar-refractivity contribution is 5.28. The highest BCUT2D eigenvalue weighted by Crippen LogP contribution is 2.37. The topological polar surface area (TPSA) is 55.5 Å². The van der Waals surface area contributed by atoms with Gasteiger partial charge in [0, 0.05) is 6.54 Å². The molecule has 3 N–H and O–H groups in total. The van der Waals surface area contributed by atoms with Crippen LogP contribution in [-0.2, 0) is 0 Å². The first-order valence-electron chi connectivity index (χ1n) is 7.70. The molecule has 2 unspecified atom stereocenters. The summed E-state index contributed by atoms with van der Waals surface area (Å²) in [5.41, 5.74) is 6.36. The van der Waals surface area contributed by atoms with E-state index in [0.717, 1.165) is 31.4 Å². The average Bonchev–Trinajstić information content (AvgIpc) is 2.82. The van der Waals surface area contributed by atoms with Crippen molar-refractivity contribution < 1.29 is 9.84 Å². The van der Waals surface area contributed by atoms with Gasteiger partial charge >= 0.3 is 0 Å². The molecule has 1 saturated carbocycles. The Morgan fingerprint density at radius 3 is 2.65 bits per heavy atom. The molecule has 1 aromatic carbocycles. The number of rotatable bonds is 6. The maximum atomic E-state index is 10.4. The molecule has 0 aliphatic heterocycles. The van der Waals surface area contributed by atoms with Crippen molar-refractivity contribution in [1.82, 2.24) is 0 Å². The molecule has 0 aromatic heterocycles. The summed E-state index contributed by atoms with van der Waals surface area (Å²) in [5, 5.41) is 10.4. The molecule has 0 amide bonds. The van der Waals surface area contributed by atoms with Gasteiger partial charge in [-0.3, -0.25) is 0 Å². The van der Waals surface area contributed by atoms with E-state index in [4.69, 9.17) is 10.5 Å². The molecule has 1 aromatic rings. The maximum absolute atomic E-state index is 10.4. The van der Waals surface area contributed by atoms with Crippen LogP contribution in [-0.4, -0.2) is 23.9 Å². The van der Waals surface area contributed by atoms with E-state index in [2.05, 4.69) is 26.0 Å². The fourth-order valence-corrected chi connectivity index (χ4v) is 3.08. The molecule has 2 atom stereocenters. The summed E-state index contributed by atoms with van der Waals surface area (Å²) >= 11 is 0. The largest absolute Gasteiger partial charge is 0.494 e. The van der Waals surface area contributed by atoms with Gasteiger partial charge in [0.25, 0.3) is 0 Å². The van der Waals surface area contributed by atoms with Gasteiger partial charge in [0.15, 0.2) is 0 Å². The fourth-order valence-electron chi connectivity index (χ4n) is 3.08. The van der Waals surface area contributed by atoms with E-state index in [-0.39, 0.29) is 5.92 Å². The van der Waals surface area contributed by atoms with Crippen LogP contribution in [0.1, 0.15) is 51.0 Å². The summed E-state index contributed by atoms with van der Waals surface area (Å²) in [5.74, 6) is 1.73. The van der Waals surface area contributed by atoms with Gasteiger partial charge < -0.3 is 15.6 Å². The number of aliphatic hydroxyl groups is 1. The molecule has 1 aliphatic carbocycles. The lowest BCUT2D eigenvalue weighted by molar-refractivity contribution is 0.00355. The van der Waals surface area contributed by atoms with Crippen LogP contribution in [0.2, 0.25) is 0 Å². The Bertz CT molecular complexity index is 416. The first-order chi connectivity index (χ1) is 9.55. The molecule has 3 nitrogen and oxygen atoms in total. The van der Waals surface area contributed by atoms with E-state index in [1.807, 2.05) is 12.1 Å². The number of nitrogens with two attached hydrogens (primary N) is 1. The Morgan fingerprint density at radius 1 is 1.35 bits per heavy atom. The molecule has 0 radical (unpaired) electrons. The zero-order valence-corrected chi connectivity index (χ0v) is 12.6. The van der Waals surface area contributed by atoms with Crippen LogP contribution in [0.3, 0.4) is 0 Å². The molecule has 0 spiro atoms. The normalized spacial score (nSPS) is 26.1. The first-order valence-corrected chi connectivity index (χ1v) is 7.70. The van der Waals surface area contributed by atoms with Crippen molar-refractivity contribution in [3.63, 3.8) is 0 Å². The molecule has 112 valence electrons. The van der Waals surface area contributed by atoms with E-state index in [1.54, 1.807) is 0 Å². The highest BCUT2D eigenvalue weighted by atomic mass is 16.5. The average molecular weight is 277 g/mol. The van der Waals surface area contributed by atoms with E-state index in [1.165, 1.54) is 5.56 Å². The predicted molar refractivity (Wildman–Crippen MR) is 82.0 cm³/mol. The second-order valence-corrected chi connectivity index (χ2v) is 6.26. The van der Waals surface area contributed by atoms with E-state index >= 15 is 0 Å². The molecule has 2 rings (SSSR count). The minimum Gasteiger partial charge on any atom is -0.494 e. The monoisotopic (exact) mass is 277 g/mol. The van der Waals surface area contributed by atoms with Gasteiger partial charge in [-0.25, -0.2) is 0 Å². The Morgan fingerprint density at radius 2 is 2.05 bits per heavy atom. The van der Waals surface area contributed by atoms with E-state index in [0.29, 0.717) is 19.1 Å². The summed E-state index contributed by atoms with van der Waals surface area (Å²) in [7, 11) is 0. The lowest BCUT2D eigenvalue weighted by Crippen LogP contribution is -2.41. The maximum Gasteiger partial charge on any atom is 0.119 e. The third-order valence-corrected chi connectivity index (χ3v) is 4.56. The third-order valence-electron chi connectivity index (χ3n) is 4.56. The Labute approximate surface area is 122 Å². The molecule has 0 bridgehead atoms. The SMILES string of the molecule is CC(C)c1ccc(OCCC2CCCC2(O)CN)cc1. The second-order valence-electron chi connectivity index (χ2n) is 6.26. The molecule has 1 aliphatic rings. The minimum absolute atomic E-state index is 0.280. The van der Waals surface area contributed by atoms with Gasteiger partial charge in [-0.1, -0.05) is 32.4 Å². The summed E-state index contributed by atoms with van der Waals surface area (Å²) in [4.78, 5) is 0. The molecule has 3 heteroatoms.